The van der Waals surface area contributed by atoms with E-state index in [0.29, 0.717) is 13.1 Å². The largest absolute Gasteiger partial charge is 0.444 e. The van der Waals surface area contributed by atoms with E-state index in [1.165, 1.54) is 0 Å². The summed E-state index contributed by atoms with van der Waals surface area (Å²) in [6.07, 6.45) is 3.26. The fourth-order valence-corrected chi connectivity index (χ4v) is 2.04. The molecule has 18 heavy (non-hydrogen) atoms. The second kappa shape index (κ2) is 4.61. The first-order valence-electron chi connectivity index (χ1n) is 6.09. The van der Waals surface area contributed by atoms with E-state index in [1.807, 2.05) is 33.0 Å². The van der Waals surface area contributed by atoms with Gasteiger partial charge in [0.05, 0.1) is 6.04 Å². The Bertz CT molecular complexity index is 410. The lowest BCUT2D eigenvalue weighted by Gasteiger charge is -2.24. The summed E-state index contributed by atoms with van der Waals surface area (Å²) in [6, 6.07) is 1.76. The maximum Gasteiger partial charge on any atom is 0.410 e. The average molecular weight is 252 g/mol. The first kappa shape index (κ1) is 12.9. The van der Waals surface area contributed by atoms with Crippen molar-refractivity contribution >= 4 is 6.09 Å². The van der Waals surface area contributed by atoms with Gasteiger partial charge in [0.15, 0.2) is 0 Å². The number of likely N-dealkylation sites (tertiary alicyclic amines) is 1. The Morgan fingerprint density at radius 2 is 2.17 bits per heavy atom. The summed E-state index contributed by atoms with van der Waals surface area (Å²) < 4.78 is 7.14. The number of nitrogens with zero attached hydrogens (tertiary/aromatic N) is 3. The molecule has 1 aliphatic rings. The van der Waals surface area contributed by atoms with Gasteiger partial charge in [-0.05, 0) is 26.8 Å². The van der Waals surface area contributed by atoms with E-state index in [9.17, 15) is 4.79 Å². The van der Waals surface area contributed by atoms with Crippen molar-refractivity contribution in [3.8, 4) is 0 Å². The number of carbonyl (C=O) groups excluding carboxylic acids is 1. The fourth-order valence-electron chi connectivity index (χ4n) is 2.04. The molecule has 0 spiro atoms. The molecule has 0 aromatic carbocycles. The summed E-state index contributed by atoms with van der Waals surface area (Å²) in [7, 11) is 0. The van der Waals surface area contributed by atoms with Crippen LogP contribution in [0.1, 0.15) is 26.8 Å². The average Bonchev–Trinajstić information content (AvgIpc) is 2.82. The molecule has 1 aliphatic heterocycles. The van der Waals surface area contributed by atoms with Crippen molar-refractivity contribution in [2.45, 2.75) is 38.5 Å². The van der Waals surface area contributed by atoms with Gasteiger partial charge in [-0.15, -0.1) is 0 Å². The van der Waals surface area contributed by atoms with Crippen molar-refractivity contribution in [2.24, 2.45) is 5.73 Å². The Labute approximate surface area is 107 Å². The van der Waals surface area contributed by atoms with E-state index >= 15 is 0 Å². The van der Waals surface area contributed by atoms with E-state index in [1.54, 1.807) is 15.8 Å². The minimum atomic E-state index is -0.481. The van der Waals surface area contributed by atoms with Crippen LogP contribution in [0.15, 0.2) is 18.5 Å². The number of carbonyl (C=O) groups is 1. The van der Waals surface area contributed by atoms with Crippen molar-refractivity contribution in [3.05, 3.63) is 18.5 Å². The van der Waals surface area contributed by atoms with E-state index in [4.69, 9.17) is 10.5 Å². The van der Waals surface area contributed by atoms with Gasteiger partial charge in [0.25, 0.3) is 0 Å². The van der Waals surface area contributed by atoms with Crippen LogP contribution in [0.2, 0.25) is 0 Å². The number of aromatic nitrogens is 2. The highest BCUT2D eigenvalue weighted by Gasteiger charge is 2.36. The molecule has 0 bridgehead atoms. The predicted molar refractivity (Wildman–Crippen MR) is 67.0 cm³/mol. The molecule has 1 amide bonds. The zero-order valence-electron chi connectivity index (χ0n) is 11.0. The summed E-state index contributed by atoms with van der Waals surface area (Å²) in [6.45, 7) is 6.60. The first-order chi connectivity index (χ1) is 8.37. The lowest BCUT2D eigenvalue weighted by Crippen LogP contribution is -2.36. The van der Waals surface area contributed by atoms with Crippen LogP contribution >= 0.6 is 0 Å². The number of hydrogen-bond donors (Lipinski definition) is 1. The maximum atomic E-state index is 11.9. The van der Waals surface area contributed by atoms with Crippen LogP contribution in [-0.4, -0.2) is 45.5 Å². The van der Waals surface area contributed by atoms with Gasteiger partial charge in [-0.25, -0.2) is 4.79 Å². The minimum absolute atomic E-state index is 0.0209. The van der Waals surface area contributed by atoms with E-state index < -0.39 is 5.60 Å². The van der Waals surface area contributed by atoms with Crippen LogP contribution in [0.5, 0.6) is 0 Å². The van der Waals surface area contributed by atoms with Crippen molar-refractivity contribution in [3.63, 3.8) is 0 Å². The molecule has 6 nitrogen and oxygen atoms in total. The predicted octanol–water partition coefficient (Wildman–Crippen LogP) is 1.00. The Morgan fingerprint density at radius 3 is 2.72 bits per heavy atom. The Balaban J connectivity index is 2.00. The summed E-state index contributed by atoms with van der Waals surface area (Å²) >= 11 is 0. The normalized spacial score (nSPS) is 24.3. The van der Waals surface area contributed by atoms with E-state index in [-0.39, 0.29) is 18.2 Å². The van der Waals surface area contributed by atoms with Crippen molar-refractivity contribution in [1.82, 2.24) is 14.7 Å². The van der Waals surface area contributed by atoms with Gasteiger partial charge >= 0.3 is 6.09 Å². The summed E-state index contributed by atoms with van der Waals surface area (Å²) in [5.74, 6) is 0. The van der Waals surface area contributed by atoms with Gasteiger partial charge in [-0.1, -0.05) is 0 Å². The van der Waals surface area contributed by atoms with Crippen molar-refractivity contribution < 1.29 is 9.53 Å². The molecule has 2 atom stereocenters. The highest BCUT2D eigenvalue weighted by Crippen LogP contribution is 2.22. The Kier molecular flexibility index (Phi) is 3.30. The molecule has 1 aromatic heterocycles. The summed E-state index contributed by atoms with van der Waals surface area (Å²) in [5.41, 5.74) is 5.57. The van der Waals surface area contributed by atoms with Crippen LogP contribution in [0, 0.1) is 0 Å². The molecule has 0 aliphatic carbocycles. The van der Waals surface area contributed by atoms with Crippen LogP contribution < -0.4 is 5.73 Å². The SMILES string of the molecule is CC(C)(C)OC(=O)N1CC(N)C(n2cccn2)C1. The van der Waals surface area contributed by atoms with Crippen molar-refractivity contribution in [1.29, 1.82) is 0 Å². The Morgan fingerprint density at radius 1 is 1.44 bits per heavy atom. The molecular weight excluding hydrogens is 232 g/mol. The third kappa shape index (κ3) is 2.81. The second-order valence-corrected chi connectivity index (χ2v) is 5.60. The molecule has 100 valence electrons. The number of rotatable bonds is 1. The van der Waals surface area contributed by atoms with Gasteiger partial charge in [0.2, 0.25) is 0 Å². The van der Waals surface area contributed by atoms with Gasteiger partial charge in [-0.2, -0.15) is 5.10 Å². The molecule has 2 N–H and O–H groups in total. The van der Waals surface area contributed by atoms with E-state index in [0.717, 1.165) is 0 Å². The fraction of sp³-hybridized carbons (Fsp3) is 0.667. The minimum Gasteiger partial charge on any atom is -0.444 e. The zero-order chi connectivity index (χ0) is 13.3. The van der Waals surface area contributed by atoms with Gasteiger partial charge in [-0.3, -0.25) is 4.68 Å². The monoisotopic (exact) mass is 252 g/mol. The van der Waals surface area contributed by atoms with Crippen LogP contribution in [-0.2, 0) is 4.74 Å². The lowest BCUT2D eigenvalue weighted by molar-refractivity contribution is 0.0287. The molecule has 1 saturated heterocycles. The number of ether oxygens (including phenoxy) is 1. The van der Waals surface area contributed by atoms with E-state index in [2.05, 4.69) is 5.10 Å². The standard InChI is InChI=1S/C12H20N4O2/c1-12(2,3)18-11(17)15-7-9(13)10(8-15)16-6-4-5-14-16/h4-6,9-10H,7-8,13H2,1-3H3. The van der Waals surface area contributed by atoms with Crippen LogP contribution in [0.3, 0.4) is 0 Å². The van der Waals surface area contributed by atoms with Gasteiger partial charge in [0.1, 0.15) is 5.60 Å². The van der Waals surface area contributed by atoms with Crippen LogP contribution in [0.25, 0.3) is 0 Å². The smallest absolute Gasteiger partial charge is 0.410 e. The summed E-state index contributed by atoms with van der Waals surface area (Å²) in [5, 5.41) is 4.17. The van der Waals surface area contributed by atoms with Gasteiger partial charge < -0.3 is 15.4 Å². The molecule has 1 aromatic rings. The highest BCUT2D eigenvalue weighted by atomic mass is 16.6. The highest BCUT2D eigenvalue weighted by molar-refractivity contribution is 5.68. The second-order valence-electron chi connectivity index (χ2n) is 5.60. The third-order valence-electron chi connectivity index (χ3n) is 2.85. The molecule has 2 unspecified atom stereocenters. The topological polar surface area (TPSA) is 73.4 Å². The number of amides is 1. The molecule has 2 heterocycles. The lowest BCUT2D eigenvalue weighted by atomic mass is 10.2. The molecule has 0 saturated carbocycles. The van der Waals surface area contributed by atoms with Crippen molar-refractivity contribution in [2.75, 3.05) is 13.1 Å². The number of hydrogen-bond acceptors (Lipinski definition) is 4. The third-order valence-corrected chi connectivity index (χ3v) is 2.85. The molecular formula is C12H20N4O2. The summed E-state index contributed by atoms with van der Waals surface area (Å²) in [4.78, 5) is 13.6. The Hall–Kier alpha value is -1.56. The molecule has 0 radical (unpaired) electrons. The maximum absolute atomic E-state index is 11.9. The molecule has 1 fully saturated rings. The zero-order valence-corrected chi connectivity index (χ0v) is 11.0. The first-order valence-corrected chi connectivity index (χ1v) is 6.09. The molecule has 2 rings (SSSR count). The van der Waals surface area contributed by atoms with Gasteiger partial charge in [0, 0.05) is 31.5 Å². The quantitative estimate of drug-likeness (QED) is 0.809. The molecule has 6 heteroatoms. The van der Waals surface area contributed by atoms with Crippen LogP contribution in [0.4, 0.5) is 4.79 Å². The number of nitrogens with two attached hydrogens (primary N) is 1.